The van der Waals surface area contributed by atoms with Crippen molar-refractivity contribution in [3.63, 3.8) is 0 Å². The molecule has 1 saturated heterocycles. The summed E-state index contributed by atoms with van der Waals surface area (Å²) in [5, 5.41) is 18.5. The molecule has 2 amide bonds. The molecule has 238 valence electrons. The lowest BCUT2D eigenvalue weighted by Gasteiger charge is -2.21. The molecule has 0 radical (unpaired) electrons. The van der Waals surface area contributed by atoms with Gasteiger partial charge in [-0.05, 0) is 46.1 Å². The number of aliphatic hydroxyl groups is 1. The molecule has 4 heterocycles. The van der Waals surface area contributed by atoms with Gasteiger partial charge >= 0.3 is 12.3 Å². The Kier molecular flexibility index (Phi) is 10.2. The number of alkyl halides is 3. The normalized spacial score (nSPS) is 16.8. The number of hydrogen-bond donors (Lipinski definition) is 4. The Labute approximate surface area is 260 Å². The van der Waals surface area contributed by atoms with E-state index in [0.29, 0.717) is 41.4 Å². The molecule has 1 aliphatic heterocycles. The molecular formula is C27H32ClF3N8O4S. The molecule has 3 aromatic heterocycles. The lowest BCUT2D eigenvalue weighted by atomic mass is 10.1. The Morgan fingerprint density at radius 2 is 1.93 bits per heavy atom. The van der Waals surface area contributed by atoms with E-state index in [1.807, 2.05) is 4.90 Å². The minimum atomic E-state index is -4.69. The van der Waals surface area contributed by atoms with E-state index >= 15 is 0 Å². The molecule has 0 aromatic carbocycles. The summed E-state index contributed by atoms with van der Waals surface area (Å²) in [6.45, 7) is 8.86. The number of halogens is 4. The Bertz CT molecular complexity index is 1490. The van der Waals surface area contributed by atoms with E-state index in [1.54, 1.807) is 33.8 Å². The molecule has 0 saturated carbocycles. The van der Waals surface area contributed by atoms with Crippen molar-refractivity contribution < 1.29 is 32.6 Å². The highest BCUT2D eigenvalue weighted by Crippen LogP contribution is 2.36. The summed E-state index contributed by atoms with van der Waals surface area (Å²) < 4.78 is 44.7. The predicted molar refractivity (Wildman–Crippen MR) is 157 cm³/mol. The zero-order chi connectivity index (χ0) is 32.2. The van der Waals surface area contributed by atoms with Crippen LogP contribution in [0.2, 0.25) is 5.02 Å². The molecule has 1 fully saturated rings. The lowest BCUT2D eigenvalue weighted by Crippen LogP contribution is -2.36. The molecule has 0 bridgehead atoms. The predicted octanol–water partition coefficient (Wildman–Crippen LogP) is 4.95. The number of thiazole rings is 1. The quantitative estimate of drug-likeness (QED) is 0.233. The van der Waals surface area contributed by atoms with E-state index in [0.717, 1.165) is 24.0 Å². The van der Waals surface area contributed by atoms with Crippen LogP contribution in [-0.4, -0.2) is 62.3 Å². The minimum absolute atomic E-state index is 0.143. The fraction of sp³-hybridized carbons (Fsp3) is 0.481. The number of nitrogens with zero attached hydrogens (tertiary/aromatic N) is 5. The Hall–Kier alpha value is -3.76. The van der Waals surface area contributed by atoms with Crippen LogP contribution in [0.15, 0.2) is 30.9 Å². The number of hydrogen-bond acceptors (Lipinski definition) is 11. The van der Waals surface area contributed by atoms with Gasteiger partial charge in [0.1, 0.15) is 34.3 Å². The van der Waals surface area contributed by atoms with Gasteiger partial charge in [0.05, 0.1) is 21.5 Å². The van der Waals surface area contributed by atoms with Crippen LogP contribution >= 0.6 is 22.9 Å². The van der Waals surface area contributed by atoms with Gasteiger partial charge < -0.3 is 30.7 Å². The summed E-state index contributed by atoms with van der Waals surface area (Å²) >= 11 is 6.66. The summed E-state index contributed by atoms with van der Waals surface area (Å²) in [5.74, 6) is 0.0614. The fourth-order valence-corrected chi connectivity index (χ4v) is 5.37. The van der Waals surface area contributed by atoms with Crippen molar-refractivity contribution in [3.8, 4) is 0 Å². The van der Waals surface area contributed by atoms with Crippen molar-refractivity contribution >= 4 is 46.6 Å². The van der Waals surface area contributed by atoms with Crippen LogP contribution in [-0.2, 0) is 10.9 Å². The van der Waals surface area contributed by atoms with Crippen LogP contribution in [0.1, 0.15) is 72.3 Å². The molecule has 12 nitrogen and oxygen atoms in total. The molecule has 4 rings (SSSR count). The van der Waals surface area contributed by atoms with Gasteiger partial charge in [0.2, 0.25) is 0 Å². The van der Waals surface area contributed by atoms with Gasteiger partial charge in [-0.25, -0.2) is 24.7 Å². The summed E-state index contributed by atoms with van der Waals surface area (Å²) in [7, 11) is 0. The first-order chi connectivity index (χ1) is 20.6. The van der Waals surface area contributed by atoms with Crippen molar-refractivity contribution in [2.45, 2.75) is 58.2 Å². The highest BCUT2D eigenvalue weighted by molar-refractivity contribution is 7.11. The molecule has 4 N–H and O–H groups in total. The average molecular weight is 657 g/mol. The summed E-state index contributed by atoms with van der Waals surface area (Å²) in [6.07, 6.45) is -2.24. The number of aromatic nitrogens is 4. The van der Waals surface area contributed by atoms with Crippen LogP contribution < -0.4 is 20.9 Å². The van der Waals surface area contributed by atoms with Gasteiger partial charge in [-0.1, -0.05) is 11.6 Å². The third-order valence-electron chi connectivity index (χ3n) is 6.40. The van der Waals surface area contributed by atoms with Gasteiger partial charge in [0.25, 0.3) is 5.91 Å². The van der Waals surface area contributed by atoms with E-state index in [4.69, 9.17) is 16.3 Å². The highest BCUT2D eigenvalue weighted by atomic mass is 35.5. The van der Waals surface area contributed by atoms with E-state index < -0.39 is 46.6 Å². The number of anilines is 2. The standard InChI is InChI=1S/C27H32ClF3N8O4S/c1-14(24-33-11-19(44-24)23(41)38-20-7-16(27(29,30)31)17(28)10-32-20)37-22(40)18-8-21(36-13-35-18)39-6-5-15(12-39)9-34-25(42)43-26(2,3)4/h7-8,10-11,13-15,23,41H,5-6,9,12H2,1-4H3,(H,32,38)(H,34,42)(H,37,40)/t14?,15-,23?/m0/s1. The third-order valence-corrected chi connectivity index (χ3v) is 7.94. The summed E-state index contributed by atoms with van der Waals surface area (Å²) in [4.78, 5) is 43.7. The van der Waals surface area contributed by atoms with Crippen LogP contribution in [0, 0.1) is 5.92 Å². The molecule has 3 aromatic rings. The van der Waals surface area contributed by atoms with E-state index in [1.165, 1.54) is 12.5 Å². The second-order valence-corrected chi connectivity index (χ2v) is 12.6. The fourth-order valence-electron chi connectivity index (χ4n) is 4.30. The maximum atomic E-state index is 13.1. The van der Waals surface area contributed by atoms with Crippen molar-refractivity contribution in [2.24, 2.45) is 5.92 Å². The number of carbonyl (C=O) groups excluding carboxylic acids is 2. The maximum absolute atomic E-state index is 13.1. The van der Waals surface area contributed by atoms with Gasteiger partial charge in [-0.3, -0.25) is 4.79 Å². The topological polar surface area (TPSA) is 154 Å². The smallest absolute Gasteiger partial charge is 0.418 e. The van der Waals surface area contributed by atoms with Crippen molar-refractivity contribution in [1.29, 1.82) is 0 Å². The van der Waals surface area contributed by atoms with E-state index in [9.17, 15) is 27.9 Å². The molecule has 0 spiro atoms. The number of pyridine rings is 1. The number of aliphatic hydroxyl groups excluding tert-OH is 1. The van der Waals surface area contributed by atoms with Crippen molar-refractivity contribution in [1.82, 2.24) is 30.6 Å². The average Bonchev–Trinajstić information content (AvgIpc) is 3.62. The lowest BCUT2D eigenvalue weighted by molar-refractivity contribution is -0.137. The Balaban J connectivity index is 1.32. The number of carbonyl (C=O) groups is 2. The molecule has 3 atom stereocenters. The SMILES string of the molecule is CC(NC(=O)c1cc(N2CC[C@@H](CNC(=O)OC(C)(C)C)C2)ncn1)c1ncc(C(O)Nc2cc(C(F)(F)F)c(Cl)cn2)s1. The van der Waals surface area contributed by atoms with Gasteiger partial charge in [-0.2, -0.15) is 13.2 Å². The Morgan fingerprint density at radius 1 is 1.18 bits per heavy atom. The first-order valence-electron chi connectivity index (χ1n) is 13.6. The summed E-state index contributed by atoms with van der Waals surface area (Å²) in [5.41, 5.74) is -1.52. The number of rotatable bonds is 9. The molecule has 44 heavy (non-hydrogen) atoms. The van der Waals surface area contributed by atoms with E-state index in [2.05, 4.69) is 35.9 Å². The Morgan fingerprint density at radius 3 is 2.64 bits per heavy atom. The largest absolute Gasteiger partial charge is 0.444 e. The monoisotopic (exact) mass is 656 g/mol. The first kappa shape index (κ1) is 33.1. The maximum Gasteiger partial charge on any atom is 0.418 e. The number of nitrogens with one attached hydrogen (secondary N) is 3. The van der Waals surface area contributed by atoms with Gasteiger partial charge in [-0.15, -0.1) is 11.3 Å². The van der Waals surface area contributed by atoms with Gasteiger partial charge in [0.15, 0.2) is 6.23 Å². The first-order valence-corrected chi connectivity index (χ1v) is 14.8. The van der Waals surface area contributed by atoms with Gasteiger partial charge in [0, 0.05) is 38.1 Å². The van der Waals surface area contributed by atoms with Crippen molar-refractivity contribution in [3.05, 3.63) is 57.0 Å². The zero-order valence-electron chi connectivity index (χ0n) is 24.3. The second-order valence-electron chi connectivity index (χ2n) is 11.1. The number of alkyl carbamates (subject to hydrolysis) is 1. The number of amides is 2. The molecule has 0 aliphatic carbocycles. The molecule has 17 heteroatoms. The highest BCUT2D eigenvalue weighted by Gasteiger charge is 2.34. The molecule has 1 aliphatic rings. The second kappa shape index (κ2) is 13.5. The summed E-state index contributed by atoms with van der Waals surface area (Å²) in [6, 6.07) is 1.71. The third kappa shape index (κ3) is 8.89. The van der Waals surface area contributed by atoms with E-state index in [-0.39, 0.29) is 17.4 Å². The molecule has 2 unspecified atom stereocenters. The number of ether oxygens (including phenoxy) is 1. The molecular weight excluding hydrogens is 625 g/mol. The van der Waals surface area contributed by atoms with Crippen LogP contribution in [0.5, 0.6) is 0 Å². The zero-order valence-corrected chi connectivity index (χ0v) is 25.8. The van der Waals surface area contributed by atoms with Crippen molar-refractivity contribution in [2.75, 3.05) is 29.9 Å². The minimum Gasteiger partial charge on any atom is -0.444 e. The van der Waals surface area contributed by atoms with Crippen LogP contribution in [0.3, 0.4) is 0 Å². The van der Waals surface area contributed by atoms with Crippen LogP contribution in [0.4, 0.5) is 29.6 Å². The van der Waals surface area contributed by atoms with Crippen LogP contribution in [0.25, 0.3) is 0 Å².